The van der Waals surface area contributed by atoms with E-state index in [4.69, 9.17) is 25.6 Å². The molecule has 170 valence electrons. The van der Waals surface area contributed by atoms with Gasteiger partial charge in [0.1, 0.15) is 12.2 Å². The first-order chi connectivity index (χ1) is 15.2. The zero-order chi connectivity index (χ0) is 23.4. The summed E-state index contributed by atoms with van der Waals surface area (Å²) in [6.45, 7) is 6.81. The van der Waals surface area contributed by atoms with Crippen LogP contribution in [0.2, 0.25) is 5.02 Å². The van der Waals surface area contributed by atoms with Crippen molar-refractivity contribution < 1.29 is 28.4 Å². The summed E-state index contributed by atoms with van der Waals surface area (Å²) in [5, 5.41) is 9.61. The minimum absolute atomic E-state index is 0.0825. The van der Waals surface area contributed by atoms with E-state index in [1.165, 1.54) is 0 Å². The van der Waals surface area contributed by atoms with E-state index in [9.17, 15) is 14.4 Å². The highest BCUT2D eigenvalue weighted by atomic mass is 35.5. The van der Waals surface area contributed by atoms with Crippen LogP contribution in [0.15, 0.2) is 40.1 Å². The number of amides is 2. The monoisotopic (exact) mass is 461 g/mol. The summed E-state index contributed by atoms with van der Waals surface area (Å²) in [7, 11) is 0. The third-order valence-corrected chi connectivity index (χ3v) is 5.07. The van der Waals surface area contributed by atoms with Crippen LogP contribution in [-0.2, 0) is 14.3 Å². The van der Waals surface area contributed by atoms with Crippen LogP contribution in [0.5, 0.6) is 0 Å². The number of urea groups is 1. The van der Waals surface area contributed by atoms with Crippen LogP contribution >= 0.6 is 11.6 Å². The van der Waals surface area contributed by atoms with Crippen molar-refractivity contribution in [2.45, 2.75) is 39.7 Å². The molecular weight excluding hydrogens is 438 g/mol. The van der Waals surface area contributed by atoms with Crippen LogP contribution in [0, 0.1) is 6.92 Å². The Morgan fingerprint density at radius 3 is 2.50 bits per heavy atom. The molecule has 0 saturated carbocycles. The molecule has 0 fully saturated rings. The van der Waals surface area contributed by atoms with Crippen molar-refractivity contribution in [1.82, 2.24) is 15.8 Å². The Bertz CT molecular complexity index is 1060. The lowest BCUT2D eigenvalue weighted by Gasteiger charge is -2.29. The van der Waals surface area contributed by atoms with Gasteiger partial charge in [-0.3, -0.25) is 0 Å². The number of esters is 2. The van der Waals surface area contributed by atoms with Gasteiger partial charge in [0.2, 0.25) is 0 Å². The molecule has 1 aliphatic rings. The molecule has 1 unspecified atom stereocenters. The van der Waals surface area contributed by atoms with E-state index >= 15 is 0 Å². The van der Waals surface area contributed by atoms with E-state index in [1.54, 1.807) is 38.1 Å². The SMILES string of the molecule is CCOC(=O)C1=C(COC(=O)c2c(C)noc2C(C)C)NC(=O)NC1c1ccc(Cl)cc1. The molecule has 1 aliphatic heterocycles. The number of carbonyl (C=O) groups excluding carboxylic acids is 3. The van der Waals surface area contributed by atoms with Crippen LogP contribution in [0.25, 0.3) is 0 Å². The lowest BCUT2D eigenvalue weighted by molar-refractivity contribution is -0.139. The predicted octanol–water partition coefficient (Wildman–Crippen LogP) is 3.79. The van der Waals surface area contributed by atoms with Gasteiger partial charge in [-0.15, -0.1) is 0 Å². The summed E-state index contributed by atoms with van der Waals surface area (Å²) in [5.41, 5.74) is 1.50. The molecule has 10 heteroatoms. The lowest BCUT2D eigenvalue weighted by Crippen LogP contribution is -2.47. The first-order valence-corrected chi connectivity index (χ1v) is 10.5. The van der Waals surface area contributed by atoms with Crippen molar-refractivity contribution >= 4 is 29.6 Å². The number of ether oxygens (including phenoxy) is 2. The van der Waals surface area contributed by atoms with Crippen molar-refractivity contribution in [2.75, 3.05) is 13.2 Å². The molecule has 2 amide bonds. The summed E-state index contributed by atoms with van der Waals surface area (Å²) < 4.78 is 15.9. The first-order valence-electron chi connectivity index (χ1n) is 10.1. The lowest BCUT2D eigenvalue weighted by atomic mass is 9.95. The second-order valence-electron chi connectivity index (χ2n) is 7.43. The van der Waals surface area contributed by atoms with Gasteiger partial charge >= 0.3 is 18.0 Å². The van der Waals surface area contributed by atoms with Gasteiger partial charge in [-0.05, 0) is 31.5 Å². The fourth-order valence-corrected chi connectivity index (χ4v) is 3.45. The third-order valence-electron chi connectivity index (χ3n) is 4.82. The molecule has 2 aromatic rings. The number of nitrogens with zero attached hydrogens (tertiary/aromatic N) is 1. The second-order valence-corrected chi connectivity index (χ2v) is 7.87. The third kappa shape index (κ3) is 4.94. The summed E-state index contributed by atoms with van der Waals surface area (Å²) in [4.78, 5) is 37.9. The Morgan fingerprint density at radius 1 is 1.19 bits per heavy atom. The molecule has 3 rings (SSSR count). The zero-order valence-electron chi connectivity index (χ0n) is 18.2. The minimum atomic E-state index is -0.808. The number of halogens is 1. The standard InChI is InChI=1S/C22H24ClN3O6/c1-5-30-21(28)17-15(10-31-20(27)16-12(4)26-32-19(16)11(2)3)24-22(29)25-18(17)13-6-8-14(23)9-7-13/h6-9,11,18H,5,10H2,1-4H3,(H2,24,25,29). The molecule has 0 saturated heterocycles. The Morgan fingerprint density at radius 2 is 1.88 bits per heavy atom. The van der Waals surface area contributed by atoms with Crippen molar-refractivity contribution in [3.05, 3.63) is 63.1 Å². The van der Waals surface area contributed by atoms with E-state index in [2.05, 4.69) is 15.8 Å². The highest BCUT2D eigenvalue weighted by molar-refractivity contribution is 6.30. The highest BCUT2D eigenvalue weighted by Gasteiger charge is 2.34. The highest BCUT2D eigenvalue weighted by Crippen LogP contribution is 2.29. The average molecular weight is 462 g/mol. The van der Waals surface area contributed by atoms with Gasteiger partial charge in [-0.25, -0.2) is 14.4 Å². The number of nitrogens with one attached hydrogen (secondary N) is 2. The van der Waals surface area contributed by atoms with Crippen LogP contribution in [-0.4, -0.2) is 36.3 Å². The van der Waals surface area contributed by atoms with Crippen LogP contribution in [0.4, 0.5) is 4.79 Å². The smallest absolute Gasteiger partial charge is 0.344 e. The number of hydrogen-bond donors (Lipinski definition) is 2. The number of rotatable bonds is 7. The van der Waals surface area contributed by atoms with Crippen LogP contribution in [0.1, 0.15) is 60.1 Å². The van der Waals surface area contributed by atoms with E-state index in [0.717, 1.165) is 0 Å². The number of aryl methyl sites for hydroxylation is 1. The molecule has 32 heavy (non-hydrogen) atoms. The summed E-state index contributed by atoms with van der Waals surface area (Å²) in [6, 6.07) is 5.32. The second kappa shape index (κ2) is 9.86. The van der Waals surface area contributed by atoms with Gasteiger partial charge in [-0.1, -0.05) is 42.7 Å². The van der Waals surface area contributed by atoms with Gasteiger partial charge < -0.3 is 24.6 Å². The van der Waals surface area contributed by atoms with Gasteiger partial charge in [0.15, 0.2) is 5.76 Å². The minimum Gasteiger partial charge on any atom is -0.463 e. The fourth-order valence-electron chi connectivity index (χ4n) is 3.33. The predicted molar refractivity (Wildman–Crippen MR) is 115 cm³/mol. The molecular formula is C22H24ClN3O6. The van der Waals surface area contributed by atoms with Crippen molar-refractivity contribution in [1.29, 1.82) is 0 Å². The van der Waals surface area contributed by atoms with E-state index in [0.29, 0.717) is 22.0 Å². The zero-order valence-corrected chi connectivity index (χ0v) is 18.9. The number of carbonyl (C=O) groups is 3. The molecule has 1 aromatic carbocycles. The number of benzene rings is 1. The molecule has 1 atom stereocenters. The topological polar surface area (TPSA) is 120 Å². The van der Waals surface area contributed by atoms with E-state index in [-0.39, 0.29) is 36.0 Å². The quantitative estimate of drug-likeness (QED) is 0.602. The van der Waals surface area contributed by atoms with Gasteiger partial charge in [-0.2, -0.15) is 0 Å². The molecule has 1 aromatic heterocycles. The van der Waals surface area contributed by atoms with Gasteiger partial charge in [0.05, 0.1) is 29.6 Å². The molecule has 0 radical (unpaired) electrons. The van der Waals surface area contributed by atoms with E-state index in [1.807, 2.05) is 13.8 Å². The largest absolute Gasteiger partial charge is 0.463 e. The van der Waals surface area contributed by atoms with Gasteiger partial charge in [0, 0.05) is 10.9 Å². The molecule has 0 aliphatic carbocycles. The summed E-state index contributed by atoms with van der Waals surface area (Å²) in [6.07, 6.45) is 0. The van der Waals surface area contributed by atoms with Crippen LogP contribution < -0.4 is 10.6 Å². The van der Waals surface area contributed by atoms with E-state index < -0.39 is 24.0 Å². The van der Waals surface area contributed by atoms with Crippen molar-refractivity contribution in [3.8, 4) is 0 Å². The maximum Gasteiger partial charge on any atom is 0.344 e. The molecule has 9 nitrogen and oxygen atoms in total. The number of aromatic nitrogens is 1. The van der Waals surface area contributed by atoms with Crippen molar-refractivity contribution in [2.24, 2.45) is 0 Å². The normalized spacial score (nSPS) is 15.9. The maximum absolute atomic E-state index is 12.8. The molecule has 2 N–H and O–H groups in total. The maximum atomic E-state index is 12.8. The molecule has 0 bridgehead atoms. The summed E-state index contributed by atoms with van der Waals surface area (Å²) in [5.74, 6) is -0.990. The Balaban J connectivity index is 1.94. The summed E-state index contributed by atoms with van der Waals surface area (Å²) >= 11 is 5.96. The Hall–Kier alpha value is -3.33. The fraction of sp³-hybridized carbons (Fsp3) is 0.364. The molecule has 2 heterocycles. The Labute approximate surface area is 190 Å². The first kappa shape index (κ1) is 23.3. The Kier molecular flexibility index (Phi) is 7.19. The number of hydrogen-bond acceptors (Lipinski definition) is 7. The van der Waals surface area contributed by atoms with Gasteiger partial charge in [0.25, 0.3) is 0 Å². The molecule has 0 spiro atoms. The van der Waals surface area contributed by atoms with Crippen molar-refractivity contribution in [3.63, 3.8) is 0 Å². The van der Waals surface area contributed by atoms with Crippen LogP contribution in [0.3, 0.4) is 0 Å². The average Bonchev–Trinajstić information content (AvgIpc) is 3.14.